The molecule has 126 valence electrons. The molecule has 1 aliphatic heterocycles. The number of hydrogen-bond donors (Lipinski definition) is 1. The van der Waals surface area contributed by atoms with Crippen LogP contribution < -0.4 is 10.1 Å². The van der Waals surface area contributed by atoms with Crippen LogP contribution >= 0.6 is 0 Å². The van der Waals surface area contributed by atoms with Crippen LogP contribution in [-0.2, 0) is 6.54 Å². The number of carbonyl (C=O) groups excluding carboxylic acids is 1. The van der Waals surface area contributed by atoms with Crippen molar-refractivity contribution < 1.29 is 9.53 Å². The first-order valence-electron chi connectivity index (χ1n) is 8.18. The van der Waals surface area contributed by atoms with E-state index in [1.54, 1.807) is 18.3 Å². The zero-order valence-corrected chi connectivity index (χ0v) is 13.8. The van der Waals surface area contributed by atoms with Crippen LogP contribution in [0.2, 0.25) is 0 Å². The monoisotopic (exact) mass is 326 g/mol. The molecule has 2 aromatic rings. The average Bonchev–Trinajstić information content (AvgIpc) is 2.63. The quantitative estimate of drug-likeness (QED) is 0.909. The van der Waals surface area contributed by atoms with Gasteiger partial charge in [0.1, 0.15) is 5.56 Å². The maximum Gasteiger partial charge on any atom is 0.257 e. The fourth-order valence-corrected chi connectivity index (χ4v) is 3.03. The van der Waals surface area contributed by atoms with E-state index in [1.807, 2.05) is 24.4 Å². The second kappa shape index (κ2) is 7.88. The summed E-state index contributed by atoms with van der Waals surface area (Å²) in [5.41, 5.74) is 1.53. The molecule has 1 fully saturated rings. The highest BCUT2D eigenvalue weighted by Crippen LogP contribution is 2.16. The Balaban J connectivity index is 1.60. The number of nitrogens with zero attached hydrogens (tertiary/aromatic N) is 3. The largest absolute Gasteiger partial charge is 0.480 e. The molecular weight excluding hydrogens is 304 g/mol. The van der Waals surface area contributed by atoms with Gasteiger partial charge in [-0.15, -0.1) is 0 Å². The van der Waals surface area contributed by atoms with Gasteiger partial charge in [-0.05, 0) is 43.7 Å². The molecule has 0 saturated carbocycles. The number of methoxy groups -OCH3 is 1. The zero-order valence-electron chi connectivity index (χ0n) is 13.8. The van der Waals surface area contributed by atoms with Crippen LogP contribution in [0.5, 0.6) is 5.88 Å². The number of pyridine rings is 2. The van der Waals surface area contributed by atoms with E-state index in [2.05, 4.69) is 20.2 Å². The van der Waals surface area contributed by atoms with Crippen molar-refractivity contribution in [3.05, 3.63) is 54.0 Å². The molecule has 3 rings (SSSR count). The van der Waals surface area contributed by atoms with Gasteiger partial charge < -0.3 is 10.1 Å². The van der Waals surface area contributed by atoms with Gasteiger partial charge in [0.25, 0.3) is 5.91 Å². The van der Waals surface area contributed by atoms with Crippen molar-refractivity contribution in [3.8, 4) is 5.88 Å². The van der Waals surface area contributed by atoms with E-state index in [0.29, 0.717) is 11.4 Å². The minimum Gasteiger partial charge on any atom is -0.480 e. The van der Waals surface area contributed by atoms with Gasteiger partial charge in [0.15, 0.2) is 0 Å². The van der Waals surface area contributed by atoms with Gasteiger partial charge in [0.2, 0.25) is 5.88 Å². The van der Waals surface area contributed by atoms with Gasteiger partial charge in [-0.25, -0.2) is 4.98 Å². The summed E-state index contributed by atoms with van der Waals surface area (Å²) in [5, 5.41) is 3.10. The lowest BCUT2D eigenvalue weighted by atomic mass is 10.0. The Labute approximate surface area is 141 Å². The van der Waals surface area contributed by atoms with Crippen molar-refractivity contribution in [2.75, 3.05) is 20.2 Å². The van der Waals surface area contributed by atoms with E-state index < -0.39 is 0 Å². The SMILES string of the molecule is COc1ncccc1C(=O)NC1CCCN(Cc2ccccn2)C1. The molecule has 24 heavy (non-hydrogen) atoms. The maximum absolute atomic E-state index is 12.5. The van der Waals surface area contributed by atoms with Crippen LogP contribution in [0.25, 0.3) is 0 Å². The van der Waals surface area contributed by atoms with Crippen molar-refractivity contribution in [1.82, 2.24) is 20.2 Å². The van der Waals surface area contributed by atoms with Crippen LogP contribution in [0, 0.1) is 0 Å². The lowest BCUT2D eigenvalue weighted by molar-refractivity contribution is 0.0896. The number of amides is 1. The van der Waals surface area contributed by atoms with Crippen molar-refractivity contribution >= 4 is 5.91 Å². The normalized spacial score (nSPS) is 18.1. The van der Waals surface area contributed by atoms with Gasteiger partial charge in [-0.1, -0.05) is 6.07 Å². The summed E-state index contributed by atoms with van der Waals surface area (Å²) in [6.07, 6.45) is 5.47. The molecule has 1 atom stereocenters. The number of rotatable bonds is 5. The molecule has 1 amide bonds. The van der Waals surface area contributed by atoms with Gasteiger partial charge in [0, 0.05) is 31.5 Å². The fourth-order valence-electron chi connectivity index (χ4n) is 3.03. The minimum atomic E-state index is -0.135. The Kier molecular flexibility index (Phi) is 5.38. The third kappa shape index (κ3) is 4.08. The molecule has 6 heteroatoms. The highest BCUT2D eigenvalue weighted by Gasteiger charge is 2.23. The van der Waals surface area contributed by atoms with Crippen LogP contribution in [0.3, 0.4) is 0 Å². The third-order valence-corrected chi connectivity index (χ3v) is 4.16. The van der Waals surface area contributed by atoms with E-state index in [1.165, 1.54) is 7.11 Å². The van der Waals surface area contributed by atoms with Crippen LogP contribution in [0.1, 0.15) is 28.9 Å². The topological polar surface area (TPSA) is 67.3 Å². The summed E-state index contributed by atoms with van der Waals surface area (Å²) in [4.78, 5) is 23.3. The van der Waals surface area contributed by atoms with Crippen molar-refractivity contribution in [1.29, 1.82) is 0 Å². The van der Waals surface area contributed by atoms with Gasteiger partial charge in [-0.3, -0.25) is 14.7 Å². The summed E-state index contributed by atoms with van der Waals surface area (Å²) >= 11 is 0. The summed E-state index contributed by atoms with van der Waals surface area (Å²) in [6.45, 7) is 2.66. The van der Waals surface area contributed by atoms with E-state index >= 15 is 0 Å². The van der Waals surface area contributed by atoms with Crippen molar-refractivity contribution in [2.24, 2.45) is 0 Å². The number of hydrogen-bond acceptors (Lipinski definition) is 5. The summed E-state index contributed by atoms with van der Waals surface area (Å²) in [5.74, 6) is 0.223. The molecule has 0 spiro atoms. The third-order valence-electron chi connectivity index (χ3n) is 4.16. The molecule has 3 heterocycles. The number of aromatic nitrogens is 2. The maximum atomic E-state index is 12.5. The molecule has 1 N–H and O–H groups in total. The molecule has 0 bridgehead atoms. The number of piperidine rings is 1. The lowest BCUT2D eigenvalue weighted by Crippen LogP contribution is -2.47. The average molecular weight is 326 g/mol. The summed E-state index contributed by atoms with van der Waals surface area (Å²) < 4.78 is 5.17. The Morgan fingerprint density at radius 1 is 1.29 bits per heavy atom. The lowest BCUT2D eigenvalue weighted by Gasteiger charge is -2.32. The second-order valence-corrected chi connectivity index (χ2v) is 5.93. The predicted molar refractivity (Wildman–Crippen MR) is 90.8 cm³/mol. The second-order valence-electron chi connectivity index (χ2n) is 5.93. The van der Waals surface area contributed by atoms with E-state index in [4.69, 9.17) is 4.74 Å². The molecule has 1 unspecified atom stereocenters. The van der Waals surface area contributed by atoms with E-state index in [-0.39, 0.29) is 11.9 Å². The number of carbonyl (C=O) groups is 1. The first kappa shape index (κ1) is 16.4. The highest BCUT2D eigenvalue weighted by molar-refractivity contribution is 5.96. The fraction of sp³-hybridized carbons (Fsp3) is 0.389. The Morgan fingerprint density at radius 2 is 2.17 bits per heavy atom. The number of nitrogens with one attached hydrogen (secondary N) is 1. The van der Waals surface area contributed by atoms with Gasteiger partial charge in [-0.2, -0.15) is 0 Å². The van der Waals surface area contributed by atoms with Crippen LogP contribution in [0.15, 0.2) is 42.7 Å². The molecule has 0 aromatic carbocycles. The zero-order chi connectivity index (χ0) is 16.8. The standard InChI is InChI=1S/C18H22N4O2/c1-24-18-16(8-4-10-20-18)17(23)21-15-7-5-11-22(13-15)12-14-6-2-3-9-19-14/h2-4,6,8-10,15H,5,7,11-13H2,1H3,(H,21,23). The summed E-state index contributed by atoms with van der Waals surface area (Å²) in [6, 6.07) is 9.55. The van der Waals surface area contributed by atoms with Gasteiger partial charge in [0.05, 0.1) is 12.8 Å². The molecule has 1 aliphatic rings. The Hall–Kier alpha value is -2.47. The highest BCUT2D eigenvalue weighted by atomic mass is 16.5. The number of likely N-dealkylation sites (tertiary alicyclic amines) is 1. The molecule has 0 radical (unpaired) electrons. The van der Waals surface area contributed by atoms with E-state index in [0.717, 1.165) is 38.2 Å². The first-order valence-corrected chi connectivity index (χ1v) is 8.18. The van der Waals surface area contributed by atoms with E-state index in [9.17, 15) is 4.79 Å². The molecule has 6 nitrogen and oxygen atoms in total. The predicted octanol–water partition coefficient (Wildman–Crippen LogP) is 1.88. The van der Waals surface area contributed by atoms with Crippen molar-refractivity contribution in [2.45, 2.75) is 25.4 Å². The Morgan fingerprint density at radius 3 is 2.96 bits per heavy atom. The molecule has 1 saturated heterocycles. The van der Waals surface area contributed by atoms with Crippen LogP contribution in [0.4, 0.5) is 0 Å². The van der Waals surface area contributed by atoms with Crippen molar-refractivity contribution in [3.63, 3.8) is 0 Å². The summed E-state index contributed by atoms with van der Waals surface area (Å²) in [7, 11) is 1.52. The smallest absolute Gasteiger partial charge is 0.257 e. The van der Waals surface area contributed by atoms with Gasteiger partial charge >= 0.3 is 0 Å². The first-order chi connectivity index (χ1) is 11.8. The molecular formula is C18H22N4O2. The van der Waals surface area contributed by atoms with Crippen LogP contribution in [-0.4, -0.2) is 47.0 Å². The Bertz CT molecular complexity index is 678. The minimum absolute atomic E-state index is 0.125. The number of ether oxygens (including phenoxy) is 1. The molecule has 0 aliphatic carbocycles. The molecule has 2 aromatic heterocycles.